The number of amides is 1. The number of nitrogens with zero attached hydrogens (tertiary/aromatic N) is 2. The zero-order valence-corrected chi connectivity index (χ0v) is 20.0. The molecule has 2 heterocycles. The fourth-order valence-electron chi connectivity index (χ4n) is 4.79. The van der Waals surface area contributed by atoms with E-state index in [4.69, 9.17) is 11.2 Å². The average molecular weight is 471 g/mol. The third-order valence-corrected chi connectivity index (χ3v) is 6.49. The topological polar surface area (TPSA) is 64.3 Å². The van der Waals surface area contributed by atoms with Crippen molar-refractivity contribution in [2.75, 3.05) is 37.7 Å². The minimum atomic E-state index is 0. The fraction of sp³-hybridized carbons (Fsp3) is 0.444. The Hall–Kier alpha value is -2.52. The van der Waals surface area contributed by atoms with E-state index in [0.717, 1.165) is 42.3 Å². The number of carbonyl (C=O) groups excluding carboxylic acids is 1. The Bertz CT molecular complexity index is 921. The Kier molecular flexibility index (Phi) is 10.7. The summed E-state index contributed by atoms with van der Waals surface area (Å²) in [6.07, 6.45) is 11.4. The molecule has 0 aromatic heterocycles. The number of rotatable bonds is 8. The lowest BCUT2D eigenvalue weighted by atomic mass is 9.90. The Labute approximate surface area is 203 Å². The lowest BCUT2D eigenvalue weighted by Gasteiger charge is -2.32. The van der Waals surface area contributed by atoms with E-state index >= 15 is 0 Å². The van der Waals surface area contributed by atoms with E-state index in [2.05, 4.69) is 41.2 Å². The van der Waals surface area contributed by atoms with Crippen LogP contribution in [0, 0.1) is 18.3 Å². The third-order valence-electron chi connectivity index (χ3n) is 6.49. The first-order valence-electron chi connectivity index (χ1n) is 11.5. The van der Waals surface area contributed by atoms with Crippen molar-refractivity contribution >= 4 is 24.0 Å². The predicted molar refractivity (Wildman–Crippen MR) is 136 cm³/mol. The van der Waals surface area contributed by atoms with Crippen molar-refractivity contribution in [3.63, 3.8) is 0 Å². The summed E-state index contributed by atoms with van der Waals surface area (Å²) in [6, 6.07) is 16.8. The lowest BCUT2D eigenvalue weighted by molar-refractivity contribution is -0.118. The monoisotopic (exact) mass is 470 g/mol. The maximum atomic E-state index is 12.2. The van der Waals surface area contributed by atoms with Crippen LogP contribution < -0.4 is 9.64 Å². The first-order valence-corrected chi connectivity index (χ1v) is 11.5. The van der Waals surface area contributed by atoms with Crippen molar-refractivity contribution in [3.05, 3.63) is 59.7 Å². The van der Waals surface area contributed by atoms with Crippen LogP contribution in [-0.4, -0.2) is 49.1 Å². The van der Waals surface area contributed by atoms with Gasteiger partial charge < -0.3 is 20.0 Å². The van der Waals surface area contributed by atoms with Gasteiger partial charge in [-0.3, -0.25) is 4.79 Å². The average Bonchev–Trinajstić information content (AvgIpc) is 2.80. The number of piperidine rings is 1. The second-order valence-corrected chi connectivity index (χ2v) is 8.61. The van der Waals surface area contributed by atoms with Gasteiger partial charge in [-0.05, 0) is 68.8 Å². The van der Waals surface area contributed by atoms with Crippen LogP contribution in [0.4, 0.5) is 5.69 Å². The molecule has 1 amide bonds. The summed E-state index contributed by atoms with van der Waals surface area (Å²) < 4.78 is 6.14. The van der Waals surface area contributed by atoms with E-state index in [0.29, 0.717) is 19.6 Å². The molecule has 0 bridgehead atoms. The molecule has 2 aromatic rings. The zero-order valence-electron chi connectivity index (χ0n) is 19.2. The third kappa shape index (κ3) is 6.98. The minimum Gasteiger partial charge on any atom is -0.493 e. The highest BCUT2D eigenvalue weighted by molar-refractivity contribution is 5.97. The Morgan fingerprint density at radius 2 is 1.79 bits per heavy atom. The van der Waals surface area contributed by atoms with Gasteiger partial charge in [-0.25, -0.2) is 0 Å². The molecule has 1 fully saturated rings. The van der Waals surface area contributed by atoms with Crippen LogP contribution in [0.5, 0.6) is 5.75 Å². The highest BCUT2D eigenvalue weighted by Crippen LogP contribution is 2.34. The SMILES string of the molecule is C#CCN1C(=O)CCc2c(OCCCN3CCC(Cc4ccccc4)CC3)cccc21.Cl.O. The van der Waals surface area contributed by atoms with Crippen molar-refractivity contribution in [2.45, 2.75) is 38.5 Å². The summed E-state index contributed by atoms with van der Waals surface area (Å²) in [5, 5.41) is 0. The second-order valence-electron chi connectivity index (χ2n) is 8.61. The highest BCUT2D eigenvalue weighted by atomic mass is 35.5. The molecule has 0 unspecified atom stereocenters. The van der Waals surface area contributed by atoms with Gasteiger partial charge in [-0.2, -0.15) is 0 Å². The number of carbonyl (C=O) groups is 1. The summed E-state index contributed by atoms with van der Waals surface area (Å²) in [7, 11) is 0. The fourth-order valence-corrected chi connectivity index (χ4v) is 4.79. The van der Waals surface area contributed by atoms with Crippen LogP contribution in [0.2, 0.25) is 0 Å². The molecule has 2 aliphatic rings. The summed E-state index contributed by atoms with van der Waals surface area (Å²) in [6.45, 7) is 4.45. The predicted octanol–water partition coefficient (Wildman–Crippen LogP) is 3.92. The number of halogens is 1. The molecule has 33 heavy (non-hydrogen) atoms. The maximum Gasteiger partial charge on any atom is 0.228 e. The van der Waals surface area contributed by atoms with E-state index in [1.807, 2.05) is 18.2 Å². The molecule has 178 valence electrons. The van der Waals surface area contributed by atoms with Gasteiger partial charge in [0.05, 0.1) is 18.8 Å². The summed E-state index contributed by atoms with van der Waals surface area (Å²) >= 11 is 0. The largest absolute Gasteiger partial charge is 0.493 e. The standard InChI is InChI=1S/C27H32N2O2.ClH.H2O/c1-2-16-29-25-10-6-11-26(24(25)12-13-27(29)30)31-20-7-17-28-18-14-23(15-19-28)21-22-8-4-3-5-9-22;;/h1,3-6,8-11,23H,7,12-21H2;1H;1H2. The number of hydrogen-bond acceptors (Lipinski definition) is 3. The van der Waals surface area contributed by atoms with Crippen molar-refractivity contribution in [1.82, 2.24) is 4.90 Å². The number of hydrogen-bond donors (Lipinski definition) is 0. The van der Waals surface area contributed by atoms with Gasteiger partial charge in [0.1, 0.15) is 5.75 Å². The van der Waals surface area contributed by atoms with Crippen LogP contribution in [0.1, 0.15) is 36.8 Å². The van der Waals surface area contributed by atoms with Crippen molar-refractivity contribution in [3.8, 4) is 18.1 Å². The van der Waals surface area contributed by atoms with Gasteiger partial charge in [0.25, 0.3) is 0 Å². The van der Waals surface area contributed by atoms with E-state index in [1.165, 1.54) is 37.9 Å². The van der Waals surface area contributed by atoms with Crippen molar-refractivity contribution in [1.29, 1.82) is 0 Å². The van der Waals surface area contributed by atoms with Gasteiger partial charge >= 0.3 is 0 Å². The number of benzene rings is 2. The zero-order chi connectivity index (χ0) is 21.5. The van der Waals surface area contributed by atoms with Gasteiger partial charge in [0.2, 0.25) is 5.91 Å². The van der Waals surface area contributed by atoms with Gasteiger partial charge in [0, 0.05) is 18.5 Å². The molecule has 6 heteroatoms. The van der Waals surface area contributed by atoms with Gasteiger partial charge in [0.15, 0.2) is 0 Å². The summed E-state index contributed by atoms with van der Waals surface area (Å²) in [5.41, 5.74) is 3.48. The number of anilines is 1. The molecule has 0 atom stereocenters. The van der Waals surface area contributed by atoms with Crippen LogP contribution in [-0.2, 0) is 17.6 Å². The van der Waals surface area contributed by atoms with Crippen molar-refractivity contribution in [2.24, 2.45) is 5.92 Å². The Balaban J connectivity index is 0.00000193. The number of likely N-dealkylation sites (tertiary alicyclic amines) is 1. The number of fused-ring (bicyclic) bond motifs is 1. The number of terminal acetylenes is 1. The van der Waals surface area contributed by atoms with E-state index in [9.17, 15) is 4.79 Å². The molecule has 2 aliphatic heterocycles. The second kappa shape index (κ2) is 13.3. The molecular formula is C27H35ClN2O3. The highest BCUT2D eigenvalue weighted by Gasteiger charge is 2.26. The number of ether oxygens (including phenoxy) is 1. The molecule has 5 nitrogen and oxygen atoms in total. The smallest absolute Gasteiger partial charge is 0.228 e. The van der Waals surface area contributed by atoms with E-state index < -0.39 is 0 Å². The molecule has 4 rings (SSSR count). The van der Waals surface area contributed by atoms with Crippen LogP contribution in [0.3, 0.4) is 0 Å². The molecule has 0 aliphatic carbocycles. The van der Waals surface area contributed by atoms with E-state index in [1.54, 1.807) is 4.90 Å². The van der Waals surface area contributed by atoms with E-state index in [-0.39, 0.29) is 23.8 Å². The minimum absolute atomic E-state index is 0. The van der Waals surface area contributed by atoms with Crippen LogP contribution in [0.15, 0.2) is 48.5 Å². The maximum absolute atomic E-state index is 12.2. The molecule has 0 spiro atoms. The summed E-state index contributed by atoms with van der Waals surface area (Å²) in [5.74, 6) is 4.39. The molecular weight excluding hydrogens is 436 g/mol. The quantitative estimate of drug-likeness (QED) is 0.434. The lowest BCUT2D eigenvalue weighted by Crippen LogP contribution is -2.36. The molecule has 0 radical (unpaired) electrons. The van der Waals surface area contributed by atoms with Gasteiger partial charge in [-0.15, -0.1) is 18.8 Å². The molecule has 2 N–H and O–H groups in total. The normalized spacial score (nSPS) is 16.2. The first kappa shape index (κ1) is 26.7. The Morgan fingerprint density at radius 3 is 2.52 bits per heavy atom. The van der Waals surface area contributed by atoms with Crippen molar-refractivity contribution < 1.29 is 15.0 Å². The Morgan fingerprint density at radius 1 is 1.03 bits per heavy atom. The van der Waals surface area contributed by atoms with Crippen LogP contribution in [0.25, 0.3) is 0 Å². The van der Waals surface area contributed by atoms with Crippen LogP contribution >= 0.6 is 12.4 Å². The molecule has 1 saturated heterocycles. The van der Waals surface area contributed by atoms with Gasteiger partial charge in [-0.1, -0.05) is 42.3 Å². The first-order chi connectivity index (χ1) is 15.2. The molecule has 2 aromatic carbocycles. The molecule has 0 saturated carbocycles. The summed E-state index contributed by atoms with van der Waals surface area (Å²) in [4.78, 5) is 16.5.